The van der Waals surface area contributed by atoms with Gasteiger partial charge in [-0.25, -0.2) is 0 Å². The van der Waals surface area contributed by atoms with Crippen molar-refractivity contribution in [2.45, 2.75) is 43.6 Å². The van der Waals surface area contributed by atoms with Gasteiger partial charge in [0.2, 0.25) is 0 Å². The fraction of sp³-hybridized carbons (Fsp3) is 0.368. The lowest BCUT2D eigenvalue weighted by molar-refractivity contribution is 0.0995. The summed E-state index contributed by atoms with van der Waals surface area (Å²) in [5.41, 5.74) is 6.70. The van der Waals surface area contributed by atoms with E-state index in [0.717, 1.165) is 70.9 Å². The number of nitrogens with one attached hydrogen (secondary N) is 1. The smallest absolute Gasteiger partial charge is 0.259 e. The second-order valence-corrected chi connectivity index (χ2v) is 7.68. The minimum absolute atomic E-state index is 0.148. The zero-order chi connectivity index (χ0) is 16.3. The lowest BCUT2D eigenvalue weighted by Gasteiger charge is -2.15. The summed E-state index contributed by atoms with van der Waals surface area (Å²) >= 11 is 1.76. The molecule has 2 heterocycles. The number of ketones is 1. The van der Waals surface area contributed by atoms with Gasteiger partial charge in [0, 0.05) is 23.3 Å². The molecule has 1 aromatic carbocycles. The van der Waals surface area contributed by atoms with E-state index in [1.54, 1.807) is 18.0 Å². The molecule has 5 rings (SSSR count). The van der Waals surface area contributed by atoms with E-state index < -0.39 is 0 Å². The number of hydrogen-bond acceptors (Lipinski definition) is 4. The maximum atomic E-state index is 12.8. The molecule has 0 saturated carbocycles. The first kappa shape index (κ1) is 14.3. The molecule has 0 saturated heterocycles. The highest BCUT2D eigenvalue weighted by Crippen LogP contribution is 2.39. The van der Waals surface area contributed by atoms with Gasteiger partial charge in [-0.05, 0) is 42.4 Å². The number of rotatable bonds is 2. The number of benzene rings is 1. The Morgan fingerprint density at radius 2 is 2.00 bits per heavy atom. The van der Waals surface area contributed by atoms with Crippen LogP contribution in [0.15, 0.2) is 16.7 Å². The van der Waals surface area contributed by atoms with Crippen molar-refractivity contribution < 1.29 is 14.0 Å². The van der Waals surface area contributed by atoms with Crippen molar-refractivity contribution in [2.75, 3.05) is 5.32 Å². The van der Waals surface area contributed by atoms with Crippen molar-refractivity contribution in [1.82, 2.24) is 0 Å². The molecule has 0 bridgehead atoms. The summed E-state index contributed by atoms with van der Waals surface area (Å²) in [5, 5.41) is 3.08. The van der Waals surface area contributed by atoms with Crippen LogP contribution in [0.2, 0.25) is 0 Å². The number of thioether (sulfide) groups is 1. The highest BCUT2D eigenvalue weighted by atomic mass is 32.2. The number of hydrogen-bond donors (Lipinski definition) is 1. The van der Waals surface area contributed by atoms with Crippen LogP contribution >= 0.6 is 11.8 Å². The van der Waals surface area contributed by atoms with Gasteiger partial charge in [0.1, 0.15) is 12.0 Å². The van der Waals surface area contributed by atoms with E-state index in [2.05, 4.69) is 11.4 Å². The average Bonchev–Trinajstić information content (AvgIpc) is 3.30. The highest BCUT2D eigenvalue weighted by molar-refractivity contribution is 7.98. The van der Waals surface area contributed by atoms with Gasteiger partial charge in [-0.1, -0.05) is 6.07 Å². The number of amides is 1. The van der Waals surface area contributed by atoms with Crippen LogP contribution in [0, 0.1) is 0 Å². The third-order valence-electron chi connectivity index (χ3n) is 5.33. The molecule has 122 valence electrons. The minimum atomic E-state index is -0.148. The largest absolute Gasteiger partial charge is 0.467 e. The van der Waals surface area contributed by atoms with Crippen LogP contribution in [-0.2, 0) is 30.8 Å². The summed E-state index contributed by atoms with van der Waals surface area (Å²) in [5.74, 6) is 2.56. The fourth-order valence-corrected chi connectivity index (χ4v) is 5.20. The quantitative estimate of drug-likeness (QED) is 0.901. The lowest BCUT2D eigenvalue weighted by Crippen LogP contribution is -2.17. The Balaban J connectivity index is 1.58. The first-order chi connectivity index (χ1) is 11.7. The monoisotopic (exact) mass is 339 g/mol. The maximum absolute atomic E-state index is 12.8. The molecule has 1 aromatic heterocycles. The Labute approximate surface area is 144 Å². The van der Waals surface area contributed by atoms with Gasteiger partial charge in [0.15, 0.2) is 5.78 Å². The molecule has 2 aromatic rings. The third-order valence-corrected chi connectivity index (χ3v) is 6.28. The number of anilines is 1. The molecule has 0 spiro atoms. The van der Waals surface area contributed by atoms with Gasteiger partial charge in [0.05, 0.1) is 17.0 Å². The van der Waals surface area contributed by atoms with E-state index in [1.807, 2.05) is 0 Å². The van der Waals surface area contributed by atoms with Crippen LogP contribution in [0.1, 0.15) is 61.6 Å². The Hall–Kier alpha value is -2.01. The van der Waals surface area contributed by atoms with Gasteiger partial charge in [-0.15, -0.1) is 11.8 Å². The number of aryl methyl sites for hydroxylation is 2. The van der Waals surface area contributed by atoms with E-state index in [9.17, 15) is 9.59 Å². The Kier molecular flexibility index (Phi) is 3.13. The van der Waals surface area contributed by atoms with E-state index >= 15 is 0 Å². The van der Waals surface area contributed by atoms with Crippen molar-refractivity contribution >= 4 is 29.1 Å². The molecule has 5 heteroatoms. The molecule has 1 aliphatic heterocycles. The second kappa shape index (κ2) is 5.24. The molecule has 0 atom stereocenters. The first-order valence-electron chi connectivity index (χ1n) is 8.41. The van der Waals surface area contributed by atoms with Crippen LogP contribution in [0.25, 0.3) is 0 Å². The van der Waals surface area contributed by atoms with Gasteiger partial charge < -0.3 is 9.73 Å². The van der Waals surface area contributed by atoms with Crippen molar-refractivity contribution in [2.24, 2.45) is 0 Å². The van der Waals surface area contributed by atoms with Crippen molar-refractivity contribution in [3.05, 3.63) is 51.5 Å². The van der Waals surface area contributed by atoms with E-state index in [-0.39, 0.29) is 11.7 Å². The molecule has 24 heavy (non-hydrogen) atoms. The summed E-state index contributed by atoms with van der Waals surface area (Å²) in [7, 11) is 0. The third kappa shape index (κ3) is 2.00. The molecule has 1 N–H and O–H groups in total. The first-order valence-corrected chi connectivity index (χ1v) is 9.57. The molecule has 0 radical (unpaired) electrons. The molecule has 2 aliphatic carbocycles. The Morgan fingerprint density at radius 1 is 1.08 bits per heavy atom. The number of Topliss-reactive ketones (excluding diaryl/α,β-unsaturated/α-hetero) is 1. The van der Waals surface area contributed by atoms with Crippen LogP contribution in [0.4, 0.5) is 5.69 Å². The lowest BCUT2D eigenvalue weighted by atomic mass is 9.98. The number of furan rings is 1. The summed E-state index contributed by atoms with van der Waals surface area (Å²) in [6, 6.07) is 2.18. The molecular weight excluding hydrogens is 322 g/mol. The standard InChI is InChI=1S/C19H17NO3S/c21-15-5-4-11-6-10-2-1-3-12(10)18(17(11)15)20-19(22)13-7-23-16-9-24-8-14(13)16/h6-7H,1-5,8-9H2,(H,20,22). The van der Waals surface area contributed by atoms with Gasteiger partial charge >= 0.3 is 0 Å². The number of carbonyl (C=O) groups is 2. The minimum Gasteiger partial charge on any atom is -0.467 e. The van der Waals surface area contributed by atoms with Gasteiger partial charge in [-0.3, -0.25) is 9.59 Å². The zero-order valence-electron chi connectivity index (χ0n) is 13.2. The zero-order valence-corrected chi connectivity index (χ0v) is 14.1. The Bertz CT molecular complexity index is 897. The molecule has 4 nitrogen and oxygen atoms in total. The maximum Gasteiger partial charge on any atom is 0.259 e. The normalized spacial score (nSPS) is 17.8. The average molecular weight is 339 g/mol. The molecule has 3 aliphatic rings. The van der Waals surface area contributed by atoms with Crippen molar-refractivity contribution in [3.63, 3.8) is 0 Å². The van der Waals surface area contributed by atoms with E-state index in [1.165, 1.54) is 5.56 Å². The summed E-state index contributed by atoms with van der Waals surface area (Å²) in [4.78, 5) is 25.2. The number of fused-ring (bicyclic) bond motifs is 3. The van der Waals surface area contributed by atoms with Gasteiger partial charge in [0.25, 0.3) is 5.91 Å². The second-order valence-electron chi connectivity index (χ2n) is 6.70. The molecule has 0 unspecified atom stereocenters. The van der Waals surface area contributed by atoms with E-state index in [4.69, 9.17) is 4.42 Å². The van der Waals surface area contributed by atoms with Crippen LogP contribution in [-0.4, -0.2) is 11.7 Å². The SMILES string of the molecule is O=C(Nc1c2c(cc3c1C(=O)CC3)CCC2)c1coc2c1CSC2. The van der Waals surface area contributed by atoms with Crippen molar-refractivity contribution in [3.8, 4) is 0 Å². The van der Waals surface area contributed by atoms with Gasteiger partial charge in [-0.2, -0.15) is 0 Å². The topological polar surface area (TPSA) is 59.3 Å². The van der Waals surface area contributed by atoms with Crippen LogP contribution in [0.5, 0.6) is 0 Å². The summed E-state index contributed by atoms with van der Waals surface area (Å²) < 4.78 is 5.52. The molecular formula is C19H17NO3S. The predicted octanol–water partition coefficient (Wildman–Crippen LogP) is 3.90. The van der Waals surface area contributed by atoms with Crippen LogP contribution < -0.4 is 5.32 Å². The Morgan fingerprint density at radius 3 is 2.92 bits per heavy atom. The summed E-state index contributed by atoms with van der Waals surface area (Å²) in [6.45, 7) is 0. The highest BCUT2D eigenvalue weighted by Gasteiger charge is 2.31. The van der Waals surface area contributed by atoms with Crippen LogP contribution in [0.3, 0.4) is 0 Å². The summed E-state index contributed by atoms with van der Waals surface area (Å²) in [6.07, 6.45) is 5.97. The predicted molar refractivity (Wildman–Crippen MR) is 92.8 cm³/mol. The van der Waals surface area contributed by atoms with E-state index in [0.29, 0.717) is 12.0 Å². The molecule has 1 amide bonds. The fourth-order valence-electron chi connectivity index (χ4n) is 4.15. The molecule has 0 fully saturated rings. The van der Waals surface area contributed by atoms with Crippen molar-refractivity contribution in [1.29, 1.82) is 0 Å². The number of carbonyl (C=O) groups excluding carboxylic acids is 2.